The van der Waals surface area contributed by atoms with Crippen LogP contribution in [-0.4, -0.2) is 47.7 Å². The van der Waals surface area contributed by atoms with Crippen molar-refractivity contribution in [1.82, 2.24) is 4.90 Å². The van der Waals surface area contributed by atoms with Crippen molar-refractivity contribution >= 4 is 40.4 Å². The average molecular weight is 558 g/mol. The SMILES string of the molecule is N=Cc1ccc(OCC(=O)N2CCC(Cc3ccccc3)CC2)c2ccccc12.NC(=O)c1ccc(O)c(Cl)c1. The van der Waals surface area contributed by atoms with Gasteiger partial charge in [0.05, 0.1) is 5.02 Å². The lowest BCUT2D eigenvalue weighted by Gasteiger charge is -2.32. The summed E-state index contributed by atoms with van der Waals surface area (Å²) in [6.07, 6.45) is 4.51. The van der Waals surface area contributed by atoms with Crippen LogP contribution in [0.3, 0.4) is 0 Å². The Morgan fingerprint density at radius 1 is 0.975 bits per heavy atom. The molecule has 5 rings (SSSR count). The number of carbonyl (C=O) groups excluding carboxylic acids is 2. The van der Waals surface area contributed by atoms with Crippen LogP contribution in [0.15, 0.2) is 84.9 Å². The molecule has 1 heterocycles. The second-order valence-corrected chi connectivity index (χ2v) is 10.1. The van der Waals surface area contributed by atoms with Crippen LogP contribution >= 0.6 is 11.6 Å². The van der Waals surface area contributed by atoms with Crippen LogP contribution in [-0.2, 0) is 11.2 Å². The predicted molar refractivity (Wildman–Crippen MR) is 158 cm³/mol. The van der Waals surface area contributed by atoms with E-state index in [1.54, 1.807) is 0 Å². The summed E-state index contributed by atoms with van der Waals surface area (Å²) in [7, 11) is 0. The van der Waals surface area contributed by atoms with Gasteiger partial charge in [-0.2, -0.15) is 0 Å². The van der Waals surface area contributed by atoms with Crippen LogP contribution in [0, 0.1) is 11.3 Å². The van der Waals surface area contributed by atoms with Crippen molar-refractivity contribution in [1.29, 1.82) is 5.41 Å². The summed E-state index contributed by atoms with van der Waals surface area (Å²) in [6.45, 7) is 1.65. The summed E-state index contributed by atoms with van der Waals surface area (Å²) in [5.74, 6) is 0.755. The Bertz CT molecular complexity index is 1480. The van der Waals surface area contributed by atoms with E-state index < -0.39 is 5.91 Å². The van der Waals surface area contributed by atoms with Gasteiger partial charge in [-0.05, 0) is 66.5 Å². The number of phenolic OH excluding ortho intramolecular Hbond substituents is 1. The normalized spacial score (nSPS) is 13.3. The highest BCUT2D eigenvalue weighted by molar-refractivity contribution is 6.32. The van der Waals surface area contributed by atoms with Gasteiger partial charge in [-0.15, -0.1) is 0 Å². The number of aromatic hydroxyl groups is 1. The van der Waals surface area contributed by atoms with Crippen molar-refractivity contribution in [2.75, 3.05) is 19.7 Å². The first kappa shape index (κ1) is 28.6. The third-order valence-corrected chi connectivity index (χ3v) is 7.29. The molecule has 40 heavy (non-hydrogen) atoms. The Kier molecular flexibility index (Phi) is 9.76. The van der Waals surface area contributed by atoms with Crippen LogP contribution in [0.5, 0.6) is 11.5 Å². The molecule has 4 aromatic carbocycles. The van der Waals surface area contributed by atoms with Crippen molar-refractivity contribution in [2.24, 2.45) is 11.7 Å². The van der Waals surface area contributed by atoms with Crippen LogP contribution in [0.2, 0.25) is 5.02 Å². The maximum absolute atomic E-state index is 12.7. The van der Waals surface area contributed by atoms with Gasteiger partial charge >= 0.3 is 0 Å². The lowest BCUT2D eigenvalue weighted by Crippen LogP contribution is -2.41. The van der Waals surface area contributed by atoms with E-state index in [4.69, 9.17) is 32.6 Å². The van der Waals surface area contributed by atoms with Gasteiger partial charge in [0.25, 0.3) is 5.91 Å². The summed E-state index contributed by atoms with van der Waals surface area (Å²) in [4.78, 5) is 25.1. The van der Waals surface area contributed by atoms with E-state index >= 15 is 0 Å². The quantitative estimate of drug-likeness (QED) is 0.247. The van der Waals surface area contributed by atoms with Gasteiger partial charge in [-0.3, -0.25) is 9.59 Å². The highest BCUT2D eigenvalue weighted by Crippen LogP contribution is 2.28. The van der Waals surface area contributed by atoms with Gasteiger partial charge in [0.1, 0.15) is 11.5 Å². The molecule has 0 saturated carbocycles. The molecular formula is C32H32ClN3O4. The van der Waals surface area contributed by atoms with Crippen LogP contribution < -0.4 is 10.5 Å². The number of hydrogen-bond donors (Lipinski definition) is 3. The summed E-state index contributed by atoms with van der Waals surface area (Å²) >= 11 is 5.50. The molecule has 4 aromatic rings. The van der Waals surface area contributed by atoms with Gasteiger partial charge in [-0.1, -0.05) is 66.2 Å². The molecule has 2 amide bonds. The number of phenols is 1. The number of hydrogen-bond acceptors (Lipinski definition) is 5. The second-order valence-electron chi connectivity index (χ2n) is 9.68. The number of halogens is 1. The van der Waals surface area contributed by atoms with E-state index in [1.807, 2.05) is 47.4 Å². The topological polar surface area (TPSA) is 117 Å². The van der Waals surface area contributed by atoms with E-state index in [0.29, 0.717) is 11.7 Å². The number of nitrogens with one attached hydrogen (secondary N) is 1. The largest absolute Gasteiger partial charge is 0.506 e. The molecule has 0 aromatic heterocycles. The molecule has 0 aliphatic carbocycles. The number of nitrogens with two attached hydrogens (primary N) is 1. The first-order valence-electron chi connectivity index (χ1n) is 13.1. The number of piperidine rings is 1. The molecule has 0 unspecified atom stereocenters. The van der Waals surface area contributed by atoms with Gasteiger partial charge in [0, 0.05) is 35.8 Å². The first-order valence-corrected chi connectivity index (χ1v) is 13.5. The number of nitrogens with zero attached hydrogens (tertiary/aromatic N) is 1. The fourth-order valence-corrected chi connectivity index (χ4v) is 4.95. The Morgan fingerprint density at radius 2 is 1.65 bits per heavy atom. The fourth-order valence-electron chi connectivity index (χ4n) is 4.77. The number of rotatable bonds is 7. The van der Waals surface area contributed by atoms with Crippen molar-refractivity contribution in [3.05, 3.63) is 107 Å². The Balaban J connectivity index is 0.000000283. The number of ether oxygens (including phenoxy) is 1. The maximum Gasteiger partial charge on any atom is 0.260 e. The van der Waals surface area contributed by atoms with Crippen LogP contribution in [0.1, 0.15) is 34.3 Å². The molecule has 0 radical (unpaired) electrons. The van der Waals surface area contributed by atoms with Crippen molar-refractivity contribution in [3.8, 4) is 11.5 Å². The van der Waals surface area contributed by atoms with E-state index in [2.05, 4.69) is 24.3 Å². The molecule has 1 fully saturated rings. The minimum absolute atomic E-state index is 0.0448. The zero-order chi connectivity index (χ0) is 28.5. The van der Waals surface area contributed by atoms with E-state index in [1.165, 1.54) is 30.0 Å². The molecular weight excluding hydrogens is 526 g/mol. The highest BCUT2D eigenvalue weighted by atomic mass is 35.5. The molecule has 7 nitrogen and oxygen atoms in total. The lowest BCUT2D eigenvalue weighted by molar-refractivity contribution is -0.134. The number of carbonyl (C=O) groups is 2. The van der Waals surface area contributed by atoms with Gasteiger partial charge in [-0.25, -0.2) is 0 Å². The first-order chi connectivity index (χ1) is 19.4. The average Bonchev–Trinajstić information content (AvgIpc) is 2.98. The number of primary amides is 1. The van der Waals surface area contributed by atoms with Gasteiger partial charge in [0.2, 0.25) is 5.91 Å². The molecule has 0 spiro atoms. The minimum atomic E-state index is -0.563. The van der Waals surface area contributed by atoms with Crippen LogP contribution in [0.4, 0.5) is 0 Å². The number of likely N-dealkylation sites (tertiary alicyclic amines) is 1. The molecule has 4 N–H and O–H groups in total. The predicted octanol–water partition coefficient (Wildman–Crippen LogP) is 5.84. The molecule has 0 atom stereocenters. The standard InChI is InChI=1S/C25H26N2O2.C7H6ClNO2/c26-17-21-10-11-24(23-9-5-4-8-22(21)23)29-18-25(28)27-14-12-20(13-15-27)16-19-6-2-1-3-7-19;8-5-3-4(7(9)11)1-2-6(5)10/h1-11,17,20,26H,12-16,18H2;1-3,10H,(H2,9,11). The van der Waals surface area contributed by atoms with Crippen molar-refractivity contribution < 1.29 is 19.4 Å². The molecule has 0 bridgehead atoms. The number of amides is 2. The lowest BCUT2D eigenvalue weighted by atomic mass is 9.90. The molecule has 1 aliphatic heterocycles. The molecule has 1 aliphatic rings. The van der Waals surface area contributed by atoms with Crippen molar-refractivity contribution in [2.45, 2.75) is 19.3 Å². The van der Waals surface area contributed by atoms with Crippen LogP contribution in [0.25, 0.3) is 10.8 Å². The fraction of sp³-hybridized carbons (Fsp3) is 0.219. The van der Waals surface area contributed by atoms with E-state index in [0.717, 1.165) is 48.7 Å². The molecule has 8 heteroatoms. The minimum Gasteiger partial charge on any atom is -0.506 e. The Morgan fingerprint density at radius 3 is 2.30 bits per heavy atom. The van der Waals surface area contributed by atoms with E-state index in [9.17, 15) is 9.59 Å². The van der Waals surface area contributed by atoms with Gasteiger partial charge in [0.15, 0.2) is 6.61 Å². The van der Waals surface area contributed by atoms with Gasteiger partial charge < -0.3 is 25.9 Å². The maximum atomic E-state index is 12.7. The number of fused-ring (bicyclic) bond motifs is 1. The summed E-state index contributed by atoms with van der Waals surface area (Å²) in [6, 6.07) is 26.2. The summed E-state index contributed by atoms with van der Waals surface area (Å²) in [5, 5.41) is 18.5. The third-order valence-electron chi connectivity index (χ3n) is 6.99. The smallest absolute Gasteiger partial charge is 0.260 e. The molecule has 206 valence electrons. The monoisotopic (exact) mass is 557 g/mol. The number of benzene rings is 4. The second kappa shape index (κ2) is 13.6. The van der Waals surface area contributed by atoms with E-state index in [-0.39, 0.29) is 28.8 Å². The highest BCUT2D eigenvalue weighted by Gasteiger charge is 2.23. The third kappa shape index (κ3) is 7.39. The zero-order valence-corrected chi connectivity index (χ0v) is 22.8. The Labute approximate surface area is 238 Å². The summed E-state index contributed by atoms with van der Waals surface area (Å²) in [5.41, 5.74) is 7.46. The zero-order valence-electron chi connectivity index (χ0n) is 22.1. The molecule has 1 saturated heterocycles. The Hall–Kier alpha value is -4.36. The summed E-state index contributed by atoms with van der Waals surface area (Å²) < 4.78 is 5.89. The van der Waals surface area contributed by atoms with Crippen molar-refractivity contribution in [3.63, 3.8) is 0 Å².